The molecule has 6 nitrogen and oxygen atoms in total. The molecular formula is C25H27N3O3. The maximum absolute atomic E-state index is 9.12. The lowest BCUT2D eigenvalue weighted by molar-refractivity contribution is 0.242. The fourth-order valence-corrected chi connectivity index (χ4v) is 4.02. The minimum atomic E-state index is 0.0640. The Morgan fingerprint density at radius 2 is 2.16 bits per heavy atom. The lowest BCUT2D eigenvalue weighted by Crippen LogP contribution is -2.22. The van der Waals surface area contributed by atoms with E-state index in [-0.39, 0.29) is 18.8 Å². The van der Waals surface area contributed by atoms with Crippen molar-refractivity contribution in [1.82, 2.24) is 15.5 Å². The summed E-state index contributed by atoms with van der Waals surface area (Å²) in [5.74, 6) is 7.82. The number of nitrogens with zero attached hydrogens (tertiary/aromatic N) is 2. The summed E-state index contributed by atoms with van der Waals surface area (Å²) in [5.41, 5.74) is 5.08. The van der Waals surface area contributed by atoms with Gasteiger partial charge in [0.05, 0.1) is 18.3 Å². The van der Waals surface area contributed by atoms with Crippen molar-refractivity contribution in [3.63, 3.8) is 0 Å². The maximum atomic E-state index is 9.12. The number of rotatable bonds is 7. The van der Waals surface area contributed by atoms with E-state index < -0.39 is 0 Å². The van der Waals surface area contributed by atoms with Crippen LogP contribution in [0.25, 0.3) is 22.8 Å². The largest absolute Gasteiger partial charge is 0.490 e. The number of hydrogen-bond acceptors (Lipinski definition) is 6. The molecule has 0 saturated heterocycles. The van der Waals surface area contributed by atoms with E-state index in [1.807, 2.05) is 44.2 Å². The van der Waals surface area contributed by atoms with Gasteiger partial charge in [0.1, 0.15) is 5.75 Å². The van der Waals surface area contributed by atoms with Crippen LogP contribution in [0, 0.1) is 11.8 Å². The molecule has 0 fully saturated rings. The van der Waals surface area contributed by atoms with Crippen molar-refractivity contribution in [2.75, 3.05) is 13.2 Å². The van der Waals surface area contributed by atoms with E-state index in [0.717, 1.165) is 35.3 Å². The third-order valence-electron chi connectivity index (χ3n) is 5.29. The van der Waals surface area contributed by atoms with Crippen LogP contribution in [0.4, 0.5) is 0 Å². The van der Waals surface area contributed by atoms with Crippen LogP contribution in [-0.4, -0.2) is 34.5 Å². The van der Waals surface area contributed by atoms with Crippen LogP contribution in [0.3, 0.4) is 0 Å². The minimum absolute atomic E-state index is 0.0640. The smallest absolute Gasteiger partial charge is 0.258 e. The van der Waals surface area contributed by atoms with Gasteiger partial charge in [0, 0.05) is 23.7 Å². The molecule has 1 unspecified atom stereocenters. The minimum Gasteiger partial charge on any atom is -0.490 e. The van der Waals surface area contributed by atoms with Gasteiger partial charge in [-0.05, 0) is 62.9 Å². The Morgan fingerprint density at radius 1 is 1.29 bits per heavy atom. The van der Waals surface area contributed by atoms with Crippen molar-refractivity contribution >= 4 is 0 Å². The highest BCUT2D eigenvalue weighted by atomic mass is 16.5. The molecule has 1 aliphatic carbocycles. The highest BCUT2D eigenvalue weighted by Crippen LogP contribution is 2.37. The van der Waals surface area contributed by atoms with Crippen molar-refractivity contribution in [2.45, 2.75) is 45.8 Å². The quantitative estimate of drug-likeness (QED) is 0.563. The third kappa shape index (κ3) is 4.48. The Morgan fingerprint density at radius 3 is 2.94 bits per heavy atom. The van der Waals surface area contributed by atoms with Gasteiger partial charge in [0.15, 0.2) is 0 Å². The second kappa shape index (κ2) is 9.34. The first-order chi connectivity index (χ1) is 15.1. The highest BCUT2D eigenvalue weighted by Gasteiger charge is 2.26. The van der Waals surface area contributed by atoms with E-state index in [1.165, 1.54) is 11.1 Å². The van der Waals surface area contributed by atoms with Crippen LogP contribution in [0.2, 0.25) is 0 Å². The van der Waals surface area contributed by atoms with Crippen molar-refractivity contribution in [3.05, 3.63) is 53.1 Å². The zero-order valence-corrected chi connectivity index (χ0v) is 18.1. The molecule has 2 N–H and O–H groups in total. The summed E-state index contributed by atoms with van der Waals surface area (Å²) < 4.78 is 11.5. The van der Waals surface area contributed by atoms with Crippen LogP contribution in [0.15, 0.2) is 40.9 Å². The molecule has 1 atom stereocenters. The van der Waals surface area contributed by atoms with Gasteiger partial charge < -0.3 is 19.7 Å². The van der Waals surface area contributed by atoms with Crippen LogP contribution in [0.1, 0.15) is 49.9 Å². The van der Waals surface area contributed by atoms with Gasteiger partial charge in [0.25, 0.3) is 5.89 Å². The summed E-state index contributed by atoms with van der Waals surface area (Å²) >= 11 is 0. The normalized spacial score (nSPS) is 14.9. The number of fused-ring (bicyclic) bond motifs is 1. The number of aliphatic hydroxyl groups excluding tert-OH is 1. The van der Waals surface area contributed by atoms with Crippen LogP contribution >= 0.6 is 0 Å². The molecule has 1 aromatic heterocycles. The summed E-state index contributed by atoms with van der Waals surface area (Å²) in [7, 11) is 0. The Hall–Kier alpha value is -3.14. The van der Waals surface area contributed by atoms with Gasteiger partial charge in [-0.25, -0.2) is 0 Å². The van der Waals surface area contributed by atoms with E-state index in [2.05, 4.69) is 33.4 Å². The fourth-order valence-electron chi connectivity index (χ4n) is 4.02. The molecular weight excluding hydrogens is 390 g/mol. The number of ether oxygens (including phenoxy) is 1. The van der Waals surface area contributed by atoms with Gasteiger partial charge in [-0.1, -0.05) is 29.3 Å². The molecule has 31 heavy (non-hydrogen) atoms. The van der Waals surface area contributed by atoms with Gasteiger partial charge in [-0.15, -0.1) is 5.92 Å². The SMILES string of the molecule is CC#Cc1cc(-c2nc(-c3cccc4c3CCC4NCCO)no2)ccc1OC(C)C. The maximum Gasteiger partial charge on any atom is 0.258 e. The monoisotopic (exact) mass is 417 g/mol. The molecule has 0 spiro atoms. The number of aliphatic hydroxyl groups is 1. The molecule has 3 aromatic rings. The topological polar surface area (TPSA) is 80.4 Å². The van der Waals surface area contributed by atoms with Crippen molar-refractivity contribution in [2.24, 2.45) is 0 Å². The number of nitrogens with one attached hydrogen (secondary N) is 1. The van der Waals surface area contributed by atoms with Crippen LogP contribution < -0.4 is 10.1 Å². The predicted molar refractivity (Wildman–Crippen MR) is 120 cm³/mol. The summed E-state index contributed by atoms with van der Waals surface area (Å²) in [6, 6.07) is 12.2. The lowest BCUT2D eigenvalue weighted by atomic mass is 10.0. The van der Waals surface area contributed by atoms with Crippen LogP contribution in [-0.2, 0) is 6.42 Å². The first-order valence-corrected chi connectivity index (χ1v) is 10.6. The second-order valence-corrected chi connectivity index (χ2v) is 7.82. The van der Waals surface area contributed by atoms with Crippen LogP contribution in [0.5, 0.6) is 5.75 Å². The number of benzene rings is 2. The molecule has 4 rings (SSSR count). The summed E-state index contributed by atoms with van der Waals surface area (Å²) in [6.07, 6.45) is 2.00. The zero-order valence-electron chi connectivity index (χ0n) is 18.1. The Bertz CT molecular complexity index is 1120. The first-order valence-electron chi connectivity index (χ1n) is 10.6. The second-order valence-electron chi connectivity index (χ2n) is 7.82. The summed E-state index contributed by atoms with van der Waals surface area (Å²) in [4.78, 5) is 4.68. The molecule has 0 radical (unpaired) electrons. The highest BCUT2D eigenvalue weighted by molar-refractivity contribution is 5.67. The van der Waals surface area contributed by atoms with E-state index in [4.69, 9.17) is 14.4 Å². The fraction of sp³-hybridized carbons (Fsp3) is 0.360. The van der Waals surface area contributed by atoms with Gasteiger partial charge >= 0.3 is 0 Å². The van der Waals surface area contributed by atoms with Gasteiger partial charge in [-0.2, -0.15) is 4.98 Å². The summed E-state index contributed by atoms with van der Waals surface area (Å²) in [6.45, 7) is 6.49. The Balaban J connectivity index is 1.65. The van der Waals surface area contributed by atoms with Gasteiger partial charge in [0.2, 0.25) is 5.82 Å². The van der Waals surface area contributed by atoms with E-state index in [9.17, 15) is 0 Å². The number of aromatic nitrogens is 2. The van der Waals surface area contributed by atoms with E-state index >= 15 is 0 Å². The lowest BCUT2D eigenvalue weighted by Gasteiger charge is -2.13. The molecule has 2 aromatic carbocycles. The molecule has 0 bridgehead atoms. The molecule has 160 valence electrons. The van der Waals surface area contributed by atoms with E-state index in [0.29, 0.717) is 18.3 Å². The summed E-state index contributed by atoms with van der Waals surface area (Å²) in [5, 5.41) is 16.8. The van der Waals surface area contributed by atoms with Crippen molar-refractivity contribution < 1.29 is 14.4 Å². The Kier molecular flexibility index (Phi) is 6.36. The van der Waals surface area contributed by atoms with Crippen molar-refractivity contribution in [1.29, 1.82) is 0 Å². The Labute approximate surface area is 182 Å². The average Bonchev–Trinajstić information content (AvgIpc) is 3.41. The molecule has 0 saturated carbocycles. The van der Waals surface area contributed by atoms with Crippen molar-refractivity contribution in [3.8, 4) is 40.4 Å². The first kappa shape index (κ1) is 21.1. The molecule has 1 heterocycles. The average molecular weight is 418 g/mol. The molecule has 0 aliphatic heterocycles. The third-order valence-corrected chi connectivity index (χ3v) is 5.29. The molecule has 1 aliphatic rings. The predicted octanol–water partition coefficient (Wildman–Crippen LogP) is 4.13. The number of hydrogen-bond donors (Lipinski definition) is 2. The standard InChI is InChI=1S/C25H27N3O3/c1-4-6-17-15-18(9-12-23(17)30-16(2)3)25-27-24(28-31-25)21-8-5-7-20-19(21)10-11-22(20)26-13-14-29/h5,7-9,12,15-16,22,26,29H,10-11,13-14H2,1-3H3. The zero-order chi connectivity index (χ0) is 21.8. The van der Waals surface area contributed by atoms with Gasteiger partial charge in [-0.3, -0.25) is 0 Å². The van der Waals surface area contributed by atoms with E-state index in [1.54, 1.807) is 6.92 Å². The molecule has 6 heteroatoms. The molecule has 0 amide bonds.